The van der Waals surface area contributed by atoms with Gasteiger partial charge in [0.25, 0.3) is 0 Å². The molecular formula is C24H20CdN6O8S2. The summed E-state index contributed by atoms with van der Waals surface area (Å²) in [5.74, 6) is 0. The first kappa shape index (κ1) is 33.5. The molecule has 4 rings (SSSR count). The fraction of sp³-hybridized carbons (Fsp3) is 0. The Balaban J connectivity index is 0.000000280. The minimum Gasteiger partial charge on any atom is -0.744 e. The molecule has 4 aromatic carbocycles. The van der Waals surface area contributed by atoms with Gasteiger partial charge in [0.1, 0.15) is 20.2 Å². The number of hydrogen-bond donors (Lipinski definition) is 2. The summed E-state index contributed by atoms with van der Waals surface area (Å²) in [4.78, 5) is -0.694. The Hall–Kier alpha value is -3.66. The van der Waals surface area contributed by atoms with Crippen LogP contribution in [0, 0.1) is 0 Å². The van der Waals surface area contributed by atoms with E-state index in [1.165, 1.54) is 24.3 Å². The van der Waals surface area contributed by atoms with Crippen LogP contribution >= 0.6 is 0 Å². The van der Waals surface area contributed by atoms with Crippen LogP contribution < -0.4 is 10.3 Å². The molecule has 4 aromatic rings. The van der Waals surface area contributed by atoms with E-state index in [0.717, 1.165) is 24.3 Å². The van der Waals surface area contributed by atoms with Crippen molar-refractivity contribution < 1.29 is 63.7 Å². The topological polar surface area (TPSA) is 211 Å². The molecule has 0 spiro atoms. The molecule has 0 amide bonds. The van der Waals surface area contributed by atoms with E-state index in [1.54, 1.807) is 60.7 Å². The van der Waals surface area contributed by atoms with Gasteiger partial charge in [-0.25, -0.2) is 16.8 Å². The van der Waals surface area contributed by atoms with Crippen molar-refractivity contribution in [3.63, 3.8) is 0 Å². The third-order valence-corrected chi connectivity index (χ3v) is 6.41. The minimum absolute atomic E-state index is 0. The number of rotatable bonds is 8. The molecule has 14 nitrogen and oxygen atoms in total. The summed E-state index contributed by atoms with van der Waals surface area (Å²) in [6.07, 6.45) is 0. The van der Waals surface area contributed by atoms with E-state index in [0.29, 0.717) is 33.1 Å². The van der Waals surface area contributed by atoms with Crippen LogP contribution in [0.1, 0.15) is 0 Å². The molecule has 0 bridgehead atoms. The van der Waals surface area contributed by atoms with Crippen LogP contribution in [0.3, 0.4) is 0 Å². The first-order valence-corrected chi connectivity index (χ1v) is 13.8. The number of hydrogen-bond acceptors (Lipinski definition) is 12. The Morgan fingerprint density at radius 2 is 0.805 bits per heavy atom. The van der Waals surface area contributed by atoms with Gasteiger partial charge in [0.15, 0.2) is 0 Å². The molecule has 0 aliphatic heterocycles. The maximum absolute atomic E-state index is 10.7. The van der Waals surface area contributed by atoms with E-state index >= 15 is 0 Å². The zero-order valence-corrected chi connectivity index (χ0v) is 26.6. The molecule has 0 radical (unpaired) electrons. The van der Waals surface area contributed by atoms with Gasteiger partial charge in [-0.05, 0) is 83.2 Å². The zero-order valence-electron chi connectivity index (χ0n) is 20.9. The second-order valence-electron chi connectivity index (χ2n) is 7.52. The second kappa shape index (κ2) is 15.4. The number of para-hydroxylation sites is 2. The van der Waals surface area contributed by atoms with Crippen LogP contribution in [0.2, 0.25) is 0 Å². The summed E-state index contributed by atoms with van der Waals surface area (Å²) in [7, 11) is -8.95. The van der Waals surface area contributed by atoms with Gasteiger partial charge in [-0.1, -0.05) is 36.4 Å². The normalized spacial score (nSPS) is 11.4. The Bertz CT molecular complexity index is 1530. The molecule has 0 aliphatic carbocycles. The molecule has 208 valence electrons. The Labute approximate surface area is 255 Å². The average molecular weight is 697 g/mol. The van der Waals surface area contributed by atoms with Gasteiger partial charge in [-0.3, -0.25) is 10.4 Å². The summed E-state index contributed by atoms with van der Waals surface area (Å²) in [5, 5.41) is 34.9. The predicted octanol–water partition coefficient (Wildman–Crippen LogP) is 4.97. The Morgan fingerprint density at radius 3 is 1.07 bits per heavy atom. The van der Waals surface area contributed by atoms with Gasteiger partial charge in [-0.2, -0.15) is 0 Å². The van der Waals surface area contributed by atoms with Crippen molar-refractivity contribution in [2.45, 2.75) is 9.79 Å². The molecule has 0 aromatic heterocycles. The van der Waals surface area contributed by atoms with Crippen LogP contribution in [0.25, 0.3) is 0 Å². The quantitative estimate of drug-likeness (QED) is 0.109. The molecule has 0 saturated carbocycles. The van der Waals surface area contributed by atoms with E-state index in [2.05, 4.69) is 20.7 Å². The van der Waals surface area contributed by atoms with Gasteiger partial charge < -0.3 is 9.11 Å². The fourth-order valence-electron chi connectivity index (χ4n) is 2.77. The summed E-state index contributed by atoms with van der Waals surface area (Å²) in [5.41, 5.74) is 1.45. The summed E-state index contributed by atoms with van der Waals surface area (Å²) in [6, 6.07) is 26.8. The molecule has 0 fully saturated rings. The van der Waals surface area contributed by atoms with E-state index in [9.17, 15) is 36.4 Å². The van der Waals surface area contributed by atoms with Crippen LogP contribution in [0.4, 0.5) is 22.7 Å². The first-order valence-electron chi connectivity index (χ1n) is 11.0. The van der Waals surface area contributed by atoms with Crippen molar-refractivity contribution in [3.05, 3.63) is 109 Å². The average Bonchev–Trinajstić information content (AvgIpc) is 2.95. The third-order valence-electron chi connectivity index (χ3n) is 4.71. The third kappa shape index (κ3) is 11.0. The summed E-state index contributed by atoms with van der Waals surface area (Å²) >= 11 is 0. The number of benzene rings is 4. The largest absolute Gasteiger partial charge is 2.00 e. The van der Waals surface area contributed by atoms with Crippen molar-refractivity contribution in [2.75, 3.05) is 10.3 Å². The van der Waals surface area contributed by atoms with Gasteiger partial charge in [0, 0.05) is 0 Å². The van der Waals surface area contributed by atoms with Crippen molar-refractivity contribution in [1.82, 2.24) is 0 Å². The van der Waals surface area contributed by atoms with Gasteiger partial charge in [0.05, 0.1) is 32.5 Å². The minimum atomic E-state index is -4.48. The molecular weight excluding hydrogens is 677 g/mol. The fourth-order valence-corrected chi connectivity index (χ4v) is 3.71. The van der Waals surface area contributed by atoms with Crippen molar-refractivity contribution >= 4 is 43.0 Å². The van der Waals surface area contributed by atoms with E-state index in [4.69, 9.17) is 0 Å². The molecule has 0 aliphatic rings. The molecule has 0 unspecified atom stereocenters. The van der Waals surface area contributed by atoms with Crippen molar-refractivity contribution in [1.29, 1.82) is 0 Å². The molecule has 17 heteroatoms. The molecule has 41 heavy (non-hydrogen) atoms. The van der Waals surface area contributed by atoms with E-state index in [1.807, 2.05) is 0 Å². The summed E-state index contributed by atoms with van der Waals surface area (Å²) < 4.78 is 64.4. The van der Waals surface area contributed by atoms with Crippen LogP contribution in [0.5, 0.6) is 0 Å². The van der Waals surface area contributed by atoms with Gasteiger partial charge in [0.2, 0.25) is 0 Å². The smallest absolute Gasteiger partial charge is 0.744 e. The van der Waals surface area contributed by atoms with Gasteiger partial charge in [-0.15, -0.1) is 20.6 Å². The standard InChI is InChI=1S/2C12H11N3O4S.Cd/c2*16-15(11-4-2-1-3-5-11)14-13-10-6-8-12(9-7-10)20(17,18)19;/h2*1-9,16H,(H,17,18,19);/q;;+2/p-2. The molecule has 0 saturated heterocycles. The first-order chi connectivity index (χ1) is 18.9. The number of nitrogens with zero attached hydrogens (tertiary/aromatic N) is 6. The van der Waals surface area contributed by atoms with Crippen LogP contribution in [0.15, 0.2) is 140 Å². The van der Waals surface area contributed by atoms with E-state index in [-0.39, 0.29) is 37.1 Å². The van der Waals surface area contributed by atoms with Crippen molar-refractivity contribution in [3.8, 4) is 0 Å². The van der Waals surface area contributed by atoms with Crippen molar-refractivity contribution in [2.24, 2.45) is 20.7 Å². The summed E-state index contributed by atoms with van der Waals surface area (Å²) in [6.45, 7) is 0. The Kier molecular flexibility index (Phi) is 12.6. The molecule has 0 heterocycles. The predicted molar refractivity (Wildman–Crippen MR) is 139 cm³/mol. The van der Waals surface area contributed by atoms with Crippen LogP contribution in [-0.4, -0.2) is 36.4 Å². The Morgan fingerprint density at radius 1 is 0.512 bits per heavy atom. The SMILES string of the molecule is O=S(=O)([O-])c1ccc(N=NN(O)c2ccccc2)cc1.O=S(=O)([O-])c1ccc(N=NN(O)c2ccccc2)cc1.[Cd+2]. The molecule has 2 N–H and O–H groups in total. The zero-order chi connectivity index (χ0) is 29.2. The van der Waals surface area contributed by atoms with Crippen LogP contribution in [-0.2, 0) is 47.5 Å². The van der Waals surface area contributed by atoms with Gasteiger partial charge >= 0.3 is 27.3 Å². The maximum Gasteiger partial charge on any atom is 2.00 e. The maximum atomic E-state index is 10.7. The van der Waals surface area contributed by atoms with E-state index < -0.39 is 20.2 Å². The molecule has 0 atom stereocenters. The number of anilines is 2. The second-order valence-corrected chi connectivity index (χ2v) is 10.3. The monoisotopic (exact) mass is 698 g/mol.